The molecular formula is C14H12F3N3O3S2. The average Bonchev–Trinajstić information content (AvgIpc) is 3.26. The van der Waals surface area contributed by atoms with Gasteiger partial charge in [-0.25, -0.2) is 13.1 Å². The highest BCUT2D eigenvalue weighted by molar-refractivity contribution is 7.89. The number of aromatic amines is 1. The Bertz CT molecular complexity index is 959. The maximum atomic E-state index is 12.6. The van der Waals surface area contributed by atoms with Crippen molar-refractivity contribution < 1.29 is 26.0 Å². The van der Waals surface area contributed by atoms with E-state index >= 15 is 0 Å². The van der Waals surface area contributed by atoms with Crippen LogP contribution >= 0.6 is 11.3 Å². The summed E-state index contributed by atoms with van der Waals surface area (Å²) in [6, 6.07) is 4.47. The summed E-state index contributed by atoms with van der Waals surface area (Å²) in [6.45, 7) is 1.67. The molecule has 2 N–H and O–H groups in total. The highest BCUT2D eigenvalue weighted by Gasteiger charge is 2.33. The standard InChI is InChI=1S/C14H12F3N3O3S2/c1-8(9-4-5-24-7-9)20-25(21,22)13-3-2-11(23-13)10-6-12(19-18-10)14(15,16)17/h2-8,20H,1H3,(H,18,19). The van der Waals surface area contributed by atoms with Gasteiger partial charge in [-0.1, -0.05) is 0 Å². The minimum absolute atomic E-state index is 0.0877. The van der Waals surface area contributed by atoms with Gasteiger partial charge in [-0.05, 0) is 47.5 Å². The Balaban J connectivity index is 1.82. The zero-order chi connectivity index (χ0) is 18.2. The van der Waals surface area contributed by atoms with E-state index in [2.05, 4.69) is 9.82 Å². The molecule has 0 bridgehead atoms. The van der Waals surface area contributed by atoms with Crippen LogP contribution in [0.5, 0.6) is 0 Å². The second kappa shape index (κ2) is 6.32. The van der Waals surface area contributed by atoms with Crippen molar-refractivity contribution in [3.8, 4) is 11.5 Å². The number of hydrogen-bond acceptors (Lipinski definition) is 5. The lowest BCUT2D eigenvalue weighted by Gasteiger charge is -2.11. The van der Waals surface area contributed by atoms with Crippen LogP contribution in [-0.2, 0) is 16.2 Å². The number of rotatable bonds is 5. The topological polar surface area (TPSA) is 88.0 Å². The van der Waals surface area contributed by atoms with Gasteiger partial charge >= 0.3 is 6.18 Å². The van der Waals surface area contributed by atoms with Gasteiger partial charge in [0.2, 0.25) is 5.09 Å². The third-order valence-electron chi connectivity index (χ3n) is 3.36. The zero-order valence-corrected chi connectivity index (χ0v) is 14.3. The fourth-order valence-corrected chi connectivity index (χ4v) is 3.99. The fraction of sp³-hybridized carbons (Fsp3) is 0.214. The van der Waals surface area contributed by atoms with Crippen molar-refractivity contribution in [1.82, 2.24) is 14.9 Å². The van der Waals surface area contributed by atoms with Crippen LogP contribution in [-0.4, -0.2) is 18.6 Å². The van der Waals surface area contributed by atoms with Crippen molar-refractivity contribution >= 4 is 21.4 Å². The van der Waals surface area contributed by atoms with Crippen molar-refractivity contribution in [2.45, 2.75) is 24.2 Å². The Morgan fingerprint density at radius 1 is 1.32 bits per heavy atom. The molecule has 3 heterocycles. The number of furan rings is 1. The van der Waals surface area contributed by atoms with Gasteiger partial charge in [0.1, 0.15) is 11.4 Å². The molecule has 0 saturated heterocycles. The highest BCUT2D eigenvalue weighted by atomic mass is 32.2. The summed E-state index contributed by atoms with van der Waals surface area (Å²) in [5.74, 6) is -0.0877. The molecule has 0 spiro atoms. The molecule has 11 heteroatoms. The number of sulfonamides is 1. The summed E-state index contributed by atoms with van der Waals surface area (Å²) in [5.41, 5.74) is -0.394. The number of H-pyrrole nitrogens is 1. The van der Waals surface area contributed by atoms with E-state index < -0.39 is 33.0 Å². The zero-order valence-electron chi connectivity index (χ0n) is 12.7. The number of aromatic nitrogens is 2. The SMILES string of the molecule is CC(NS(=O)(=O)c1ccc(-c2cc(C(F)(F)F)[nH]n2)o1)c1ccsc1. The molecule has 0 aliphatic rings. The van der Waals surface area contributed by atoms with Gasteiger partial charge in [0.25, 0.3) is 10.0 Å². The monoisotopic (exact) mass is 391 g/mol. The molecular weight excluding hydrogens is 379 g/mol. The number of nitrogens with zero attached hydrogens (tertiary/aromatic N) is 1. The normalized spacial score (nSPS) is 13.9. The molecule has 1 atom stereocenters. The number of nitrogens with one attached hydrogen (secondary N) is 2. The van der Waals surface area contributed by atoms with Gasteiger partial charge < -0.3 is 4.42 Å². The van der Waals surface area contributed by atoms with E-state index in [1.54, 1.807) is 13.0 Å². The quantitative estimate of drug-likeness (QED) is 0.693. The Morgan fingerprint density at radius 3 is 2.68 bits per heavy atom. The molecule has 134 valence electrons. The molecule has 6 nitrogen and oxygen atoms in total. The molecule has 0 amide bonds. The van der Waals surface area contributed by atoms with Gasteiger partial charge in [-0.2, -0.15) is 29.6 Å². The summed E-state index contributed by atoms with van der Waals surface area (Å²) in [4.78, 5) is 0. The maximum Gasteiger partial charge on any atom is 0.432 e. The second-order valence-corrected chi connectivity index (χ2v) is 7.61. The van der Waals surface area contributed by atoms with Crippen molar-refractivity contribution in [3.63, 3.8) is 0 Å². The lowest BCUT2D eigenvalue weighted by Crippen LogP contribution is -2.26. The Hall–Kier alpha value is -2.11. The van der Waals surface area contributed by atoms with Crippen LogP contribution in [0, 0.1) is 0 Å². The Kier molecular flexibility index (Phi) is 4.47. The molecule has 25 heavy (non-hydrogen) atoms. The van der Waals surface area contributed by atoms with Crippen molar-refractivity contribution in [2.75, 3.05) is 0 Å². The van der Waals surface area contributed by atoms with Crippen LogP contribution < -0.4 is 4.72 Å². The molecule has 0 saturated carbocycles. The molecule has 0 radical (unpaired) electrons. The molecule has 0 aromatic carbocycles. The van der Waals surface area contributed by atoms with E-state index in [0.29, 0.717) is 0 Å². The summed E-state index contributed by atoms with van der Waals surface area (Å²) in [7, 11) is -3.97. The highest BCUT2D eigenvalue weighted by Crippen LogP contribution is 2.31. The molecule has 0 aliphatic carbocycles. The summed E-state index contributed by atoms with van der Waals surface area (Å²) in [6.07, 6.45) is -4.58. The molecule has 0 fully saturated rings. The van der Waals surface area contributed by atoms with Crippen molar-refractivity contribution in [3.05, 3.63) is 46.3 Å². The first-order chi connectivity index (χ1) is 11.7. The van der Waals surface area contributed by atoms with E-state index in [-0.39, 0.29) is 11.5 Å². The van der Waals surface area contributed by atoms with Crippen LogP contribution in [0.4, 0.5) is 13.2 Å². The minimum atomic E-state index is -4.58. The number of alkyl halides is 3. The first-order valence-corrected chi connectivity index (χ1v) is 9.36. The Morgan fingerprint density at radius 2 is 2.08 bits per heavy atom. The predicted molar refractivity (Wildman–Crippen MR) is 84.3 cm³/mol. The molecule has 3 aromatic heterocycles. The number of hydrogen-bond donors (Lipinski definition) is 2. The van der Waals surface area contributed by atoms with Crippen molar-refractivity contribution in [1.29, 1.82) is 0 Å². The lowest BCUT2D eigenvalue weighted by molar-refractivity contribution is -0.141. The van der Waals surface area contributed by atoms with E-state index in [1.165, 1.54) is 23.5 Å². The van der Waals surface area contributed by atoms with Crippen molar-refractivity contribution in [2.24, 2.45) is 0 Å². The molecule has 3 rings (SSSR count). The van der Waals surface area contributed by atoms with Gasteiger partial charge in [0.05, 0.1) is 0 Å². The van der Waals surface area contributed by atoms with E-state index in [9.17, 15) is 21.6 Å². The second-order valence-electron chi connectivity index (χ2n) is 5.18. The predicted octanol–water partition coefficient (Wildman–Crippen LogP) is 3.79. The van der Waals surface area contributed by atoms with E-state index in [4.69, 9.17) is 4.42 Å². The lowest BCUT2D eigenvalue weighted by atomic mass is 10.2. The number of thiophene rings is 1. The van der Waals surface area contributed by atoms with Crippen LogP contribution in [0.25, 0.3) is 11.5 Å². The molecule has 0 aliphatic heterocycles. The largest absolute Gasteiger partial charge is 0.442 e. The average molecular weight is 391 g/mol. The van der Waals surface area contributed by atoms with Crippen LogP contribution in [0.2, 0.25) is 0 Å². The third kappa shape index (κ3) is 3.78. The fourth-order valence-electron chi connectivity index (χ4n) is 2.08. The third-order valence-corrected chi connectivity index (χ3v) is 5.47. The van der Waals surface area contributed by atoms with Crippen LogP contribution in [0.15, 0.2) is 44.5 Å². The Labute approximate surface area is 144 Å². The maximum absolute atomic E-state index is 12.6. The minimum Gasteiger partial charge on any atom is -0.442 e. The summed E-state index contributed by atoms with van der Waals surface area (Å²) < 4.78 is 70.0. The van der Waals surface area contributed by atoms with Gasteiger partial charge in [0.15, 0.2) is 5.76 Å². The summed E-state index contributed by atoms with van der Waals surface area (Å²) >= 11 is 1.43. The molecule has 3 aromatic rings. The van der Waals surface area contributed by atoms with Crippen LogP contribution in [0.3, 0.4) is 0 Å². The van der Waals surface area contributed by atoms with Gasteiger partial charge in [-0.15, -0.1) is 0 Å². The van der Waals surface area contributed by atoms with Gasteiger partial charge in [0, 0.05) is 6.04 Å². The number of halogens is 3. The first-order valence-electron chi connectivity index (χ1n) is 6.94. The first kappa shape index (κ1) is 17.7. The van der Waals surface area contributed by atoms with Crippen LogP contribution in [0.1, 0.15) is 24.2 Å². The smallest absolute Gasteiger partial charge is 0.432 e. The van der Waals surface area contributed by atoms with E-state index in [1.807, 2.05) is 15.9 Å². The van der Waals surface area contributed by atoms with E-state index in [0.717, 1.165) is 11.6 Å². The van der Waals surface area contributed by atoms with Gasteiger partial charge in [-0.3, -0.25) is 5.10 Å². The molecule has 1 unspecified atom stereocenters. The summed E-state index contributed by atoms with van der Waals surface area (Å²) in [5, 5.41) is 8.57.